The van der Waals surface area contributed by atoms with E-state index in [1.807, 2.05) is 0 Å². The number of benzene rings is 2. The number of nitrogens with zero attached hydrogens (tertiary/aromatic N) is 1. The van der Waals surface area contributed by atoms with Crippen molar-refractivity contribution in [2.24, 2.45) is 0 Å². The summed E-state index contributed by atoms with van der Waals surface area (Å²) < 4.78 is 5.62. The lowest BCUT2D eigenvalue weighted by atomic mass is 10.1. The third-order valence-corrected chi connectivity index (χ3v) is 4.86. The average Bonchev–Trinajstić information content (AvgIpc) is 2.89. The maximum atomic E-state index is 12.7. The summed E-state index contributed by atoms with van der Waals surface area (Å²) in [6, 6.07) is 13.4. The number of carbonyl (C=O) groups is 2. The van der Waals surface area contributed by atoms with E-state index in [1.165, 1.54) is 28.8 Å². The maximum Gasteiger partial charge on any atom is 0.335 e. The molecule has 2 aromatic carbocycles. The van der Waals surface area contributed by atoms with E-state index in [0.29, 0.717) is 20.7 Å². The van der Waals surface area contributed by atoms with Crippen LogP contribution >= 0.6 is 24.0 Å². The molecule has 0 spiro atoms. The molecule has 3 rings (SSSR count). The molecule has 0 atom stereocenters. The summed E-state index contributed by atoms with van der Waals surface area (Å²) in [6.45, 7) is 0. The van der Waals surface area contributed by atoms with Gasteiger partial charge in [0.2, 0.25) is 0 Å². The minimum atomic E-state index is -0.990. The molecular formula is C18H13NO4S2. The molecule has 1 amide bonds. The minimum Gasteiger partial charge on any atom is -0.497 e. The molecule has 126 valence electrons. The Kier molecular flexibility index (Phi) is 4.87. The van der Waals surface area contributed by atoms with Crippen molar-refractivity contribution in [2.45, 2.75) is 0 Å². The Morgan fingerprint density at radius 1 is 1.24 bits per heavy atom. The highest BCUT2D eigenvalue weighted by Gasteiger charge is 2.33. The van der Waals surface area contributed by atoms with E-state index < -0.39 is 5.97 Å². The predicted molar refractivity (Wildman–Crippen MR) is 102 cm³/mol. The number of hydrogen-bond donors (Lipinski definition) is 1. The van der Waals surface area contributed by atoms with Crippen LogP contribution in [-0.4, -0.2) is 28.4 Å². The number of carbonyl (C=O) groups excluding carboxylic acids is 1. The summed E-state index contributed by atoms with van der Waals surface area (Å²) in [5.41, 5.74) is 1.57. The van der Waals surface area contributed by atoms with Gasteiger partial charge in [-0.05, 0) is 35.9 Å². The fraction of sp³-hybridized carbons (Fsp3) is 0.0556. The number of anilines is 1. The first kappa shape index (κ1) is 17.2. The van der Waals surface area contributed by atoms with Gasteiger partial charge in [0.05, 0.1) is 23.3 Å². The number of carboxylic acid groups (broad SMARTS) is 1. The van der Waals surface area contributed by atoms with Gasteiger partial charge in [0.1, 0.15) is 5.75 Å². The van der Waals surface area contributed by atoms with Crippen molar-refractivity contribution in [3.63, 3.8) is 0 Å². The van der Waals surface area contributed by atoms with Gasteiger partial charge in [-0.3, -0.25) is 9.69 Å². The quantitative estimate of drug-likeness (QED) is 0.651. The van der Waals surface area contributed by atoms with E-state index in [0.717, 1.165) is 5.56 Å². The molecule has 25 heavy (non-hydrogen) atoms. The Balaban J connectivity index is 1.88. The molecule has 1 heterocycles. The lowest BCUT2D eigenvalue weighted by molar-refractivity contribution is -0.113. The summed E-state index contributed by atoms with van der Waals surface area (Å²) in [7, 11) is 1.56. The number of amides is 1. The van der Waals surface area contributed by atoms with Crippen LogP contribution in [0.25, 0.3) is 6.08 Å². The van der Waals surface area contributed by atoms with Gasteiger partial charge < -0.3 is 9.84 Å². The van der Waals surface area contributed by atoms with Crippen molar-refractivity contribution in [1.29, 1.82) is 0 Å². The number of thioether (sulfide) groups is 1. The van der Waals surface area contributed by atoms with Crippen LogP contribution in [0.15, 0.2) is 53.4 Å². The zero-order valence-corrected chi connectivity index (χ0v) is 14.8. The second kappa shape index (κ2) is 7.08. The van der Waals surface area contributed by atoms with Crippen molar-refractivity contribution < 1.29 is 19.4 Å². The predicted octanol–water partition coefficient (Wildman–Crippen LogP) is 3.80. The van der Waals surface area contributed by atoms with E-state index in [1.54, 1.807) is 49.6 Å². The zero-order chi connectivity index (χ0) is 18.0. The fourth-order valence-corrected chi connectivity index (χ4v) is 3.61. The summed E-state index contributed by atoms with van der Waals surface area (Å²) in [5, 5.41) is 8.93. The maximum absolute atomic E-state index is 12.7. The molecule has 1 N–H and O–H groups in total. The Morgan fingerprint density at radius 2 is 1.96 bits per heavy atom. The van der Waals surface area contributed by atoms with Gasteiger partial charge in [-0.2, -0.15) is 0 Å². The van der Waals surface area contributed by atoms with Crippen LogP contribution in [0.1, 0.15) is 15.9 Å². The Hall–Kier alpha value is -2.64. The monoisotopic (exact) mass is 371 g/mol. The highest BCUT2D eigenvalue weighted by Crippen LogP contribution is 2.36. The number of rotatable bonds is 4. The van der Waals surface area contributed by atoms with E-state index in [9.17, 15) is 9.59 Å². The first-order valence-corrected chi connectivity index (χ1v) is 8.47. The van der Waals surface area contributed by atoms with Gasteiger partial charge in [-0.15, -0.1) is 0 Å². The second-order valence-electron chi connectivity index (χ2n) is 5.15. The normalized spacial score (nSPS) is 15.7. The number of methoxy groups -OCH3 is 1. The molecule has 2 aromatic rings. The van der Waals surface area contributed by atoms with Crippen molar-refractivity contribution in [1.82, 2.24) is 0 Å². The lowest BCUT2D eigenvalue weighted by Gasteiger charge is -2.15. The first-order chi connectivity index (χ1) is 12.0. The van der Waals surface area contributed by atoms with Crippen LogP contribution in [0.5, 0.6) is 5.75 Å². The third kappa shape index (κ3) is 3.57. The second-order valence-corrected chi connectivity index (χ2v) is 6.82. The van der Waals surface area contributed by atoms with Crippen LogP contribution in [0.4, 0.5) is 5.69 Å². The Morgan fingerprint density at radius 3 is 2.60 bits per heavy atom. The van der Waals surface area contributed by atoms with Crippen LogP contribution in [0.3, 0.4) is 0 Å². The molecular weight excluding hydrogens is 358 g/mol. The van der Waals surface area contributed by atoms with Crippen molar-refractivity contribution in [2.75, 3.05) is 12.0 Å². The molecule has 0 radical (unpaired) electrons. The number of thiocarbonyl (C=S) groups is 1. The summed E-state index contributed by atoms with van der Waals surface area (Å²) in [4.78, 5) is 25.5. The highest BCUT2D eigenvalue weighted by molar-refractivity contribution is 8.27. The van der Waals surface area contributed by atoms with Crippen molar-refractivity contribution >= 4 is 51.9 Å². The molecule has 1 fully saturated rings. The van der Waals surface area contributed by atoms with Crippen LogP contribution in [-0.2, 0) is 4.79 Å². The molecule has 7 heteroatoms. The molecule has 0 unspecified atom stereocenters. The molecule has 0 saturated carbocycles. The minimum absolute atomic E-state index is 0.195. The smallest absolute Gasteiger partial charge is 0.335 e. The van der Waals surface area contributed by atoms with Gasteiger partial charge >= 0.3 is 5.97 Å². The third-order valence-electron chi connectivity index (χ3n) is 3.56. The van der Waals surface area contributed by atoms with Crippen LogP contribution in [0.2, 0.25) is 0 Å². The van der Waals surface area contributed by atoms with Gasteiger partial charge in [-0.1, -0.05) is 42.2 Å². The van der Waals surface area contributed by atoms with Gasteiger partial charge in [0.15, 0.2) is 4.32 Å². The standard InChI is InChI=1S/C18H13NO4S2/c1-23-14-4-2-3-13(10-14)19-16(20)15(25-18(19)24)9-11-5-7-12(8-6-11)17(21)22/h2-10H,1H3,(H,21,22)/b15-9+. The molecule has 1 aliphatic heterocycles. The average molecular weight is 371 g/mol. The molecule has 0 aliphatic carbocycles. The van der Waals surface area contributed by atoms with E-state index >= 15 is 0 Å². The van der Waals surface area contributed by atoms with Gasteiger partial charge in [0, 0.05) is 6.07 Å². The Bertz CT molecular complexity index is 890. The summed E-state index contributed by atoms with van der Waals surface area (Å²) >= 11 is 6.54. The van der Waals surface area contributed by atoms with Crippen LogP contribution in [0, 0.1) is 0 Å². The molecule has 1 saturated heterocycles. The van der Waals surface area contributed by atoms with Crippen molar-refractivity contribution in [3.8, 4) is 5.75 Å². The zero-order valence-electron chi connectivity index (χ0n) is 13.1. The topological polar surface area (TPSA) is 66.8 Å². The van der Waals surface area contributed by atoms with Crippen molar-refractivity contribution in [3.05, 3.63) is 64.6 Å². The largest absolute Gasteiger partial charge is 0.497 e. The Labute approximate surface area is 153 Å². The van der Waals surface area contributed by atoms with Crippen LogP contribution < -0.4 is 9.64 Å². The highest BCUT2D eigenvalue weighted by atomic mass is 32.2. The number of ether oxygens (including phenoxy) is 1. The first-order valence-electron chi connectivity index (χ1n) is 7.25. The molecule has 0 aromatic heterocycles. The van der Waals surface area contributed by atoms with E-state index in [-0.39, 0.29) is 11.5 Å². The fourth-order valence-electron chi connectivity index (χ4n) is 2.31. The lowest BCUT2D eigenvalue weighted by Crippen LogP contribution is -2.27. The van der Waals surface area contributed by atoms with E-state index in [2.05, 4.69) is 0 Å². The summed E-state index contributed by atoms with van der Waals surface area (Å²) in [5.74, 6) is -0.568. The number of aromatic carboxylic acids is 1. The molecule has 5 nitrogen and oxygen atoms in total. The van der Waals surface area contributed by atoms with Gasteiger partial charge in [-0.25, -0.2) is 4.79 Å². The molecule has 1 aliphatic rings. The summed E-state index contributed by atoms with van der Waals surface area (Å²) in [6.07, 6.45) is 1.70. The number of carboxylic acids is 1. The molecule has 0 bridgehead atoms. The number of hydrogen-bond acceptors (Lipinski definition) is 5. The van der Waals surface area contributed by atoms with Gasteiger partial charge in [0.25, 0.3) is 5.91 Å². The van der Waals surface area contributed by atoms with E-state index in [4.69, 9.17) is 22.1 Å². The SMILES string of the molecule is COc1cccc(N2C(=O)/C(=C\c3ccc(C(=O)O)cc3)SC2=S)c1.